The van der Waals surface area contributed by atoms with Gasteiger partial charge in [0.2, 0.25) is 5.95 Å². The van der Waals surface area contributed by atoms with E-state index in [1.165, 1.54) is 0 Å². The van der Waals surface area contributed by atoms with E-state index in [1.807, 2.05) is 0 Å². The van der Waals surface area contributed by atoms with Gasteiger partial charge in [0.1, 0.15) is 5.15 Å². The van der Waals surface area contributed by atoms with Crippen molar-refractivity contribution in [1.82, 2.24) is 15.0 Å². The van der Waals surface area contributed by atoms with Crippen molar-refractivity contribution in [2.24, 2.45) is 0 Å². The van der Waals surface area contributed by atoms with E-state index in [2.05, 4.69) is 15.0 Å². The average molecular weight is 181 g/mol. The number of hydrogen-bond donors (Lipinski definition) is 1. The summed E-state index contributed by atoms with van der Waals surface area (Å²) in [6.45, 7) is 0. The molecule has 0 unspecified atom stereocenters. The first-order chi connectivity index (χ1) is 5.75. The van der Waals surface area contributed by atoms with Gasteiger partial charge in [0.25, 0.3) is 0 Å². The van der Waals surface area contributed by atoms with Crippen LogP contribution in [0.1, 0.15) is 0 Å². The van der Waals surface area contributed by atoms with Crippen LogP contribution in [0.4, 0.5) is 5.95 Å². The van der Waals surface area contributed by atoms with Crippen LogP contribution in [0.15, 0.2) is 18.5 Å². The molecule has 2 N–H and O–H groups in total. The normalized spacial score (nSPS) is 10.4. The summed E-state index contributed by atoms with van der Waals surface area (Å²) < 4.78 is 0. The minimum absolute atomic E-state index is 0.242. The SMILES string of the molecule is Nc1ncc2cc(Cl)ncc2n1. The second-order valence-electron chi connectivity index (χ2n) is 2.29. The third-order valence-corrected chi connectivity index (χ3v) is 1.66. The van der Waals surface area contributed by atoms with Crippen molar-refractivity contribution < 1.29 is 0 Å². The molecule has 0 aliphatic carbocycles. The van der Waals surface area contributed by atoms with Gasteiger partial charge >= 0.3 is 0 Å². The van der Waals surface area contributed by atoms with E-state index in [9.17, 15) is 0 Å². The summed E-state index contributed by atoms with van der Waals surface area (Å²) in [6.07, 6.45) is 3.18. The Morgan fingerprint density at radius 1 is 1.25 bits per heavy atom. The summed E-state index contributed by atoms with van der Waals surface area (Å²) in [4.78, 5) is 11.7. The maximum Gasteiger partial charge on any atom is 0.220 e. The second-order valence-corrected chi connectivity index (χ2v) is 2.68. The van der Waals surface area contributed by atoms with Gasteiger partial charge in [-0.15, -0.1) is 0 Å². The van der Waals surface area contributed by atoms with E-state index in [1.54, 1.807) is 18.5 Å². The Hall–Kier alpha value is -1.42. The molecule has 2 aromatic rings. The van der Waals surface area contributed by atoms with Crippen LogP contribution in [-0.2, 0) is 0 Å². The van der Waals surface area contributed by atoms with Gasteiger partial charge in [-0.3, -0.25) is 0 Å². The lowest BCUT2D eigenvalue weighted by Gasteiger charge is -1.96. The van der Waals surface area contributed by atoms with Crippen molar-refractivity contribution in [3.8, 4) is 0 Å². The quantitative estimate of drug-likeness (QED) is 0.620. The minimum atomic E-state index is 0.242. The van der Waals surface area contributed by atoms with Crippen molar-refractivity contribution in [3.63, 3.8) is 0 Å². The summed E-state index contributed by atoms with van der Waals surface area (Å²) in [7, 11) is 0. The van der Waals surface area contributed by atoms with Crippen molar-refractivity contribution in [2.45, 2.75) is 0 Å². The van der Waals surface area contributed by atoms with E-state index >= 15 is 0 Å². The first kappa shape index (κ1) is 7.24. The zero-order valence-electron chi connectivity index (χ0n) is 6.03. The monoisotopic (exact) mass is 180 g/mol. The first-order valence-electron chi connectivity index (χ1n) is 3.29. The maximum absolute atomic E-state index is 5.66. The topological polar surface area (TPSA) is 64.7 Å². The molecule has 0 fully saturated rings. The van der Waals surface area contributed by atoms with Crippen LogP contribution in [0.2, 0.25) is 5.15 Å². The maximum atomic E-state index is 5.66. The van der Waals surface area contributed by atoms with Crippen molar-refractivity contribution >= 4 is 28.5 Å². The number of rotatable bonds is 0. The Bertz CT molecular complexity index is 387. The van der Waals surface area contributed by atoms with Gasteiger partial charge in [0, 0.05) is 11.6 Å². The van der Waals surface area contributed by atoms with Crippen LogP contribution in [0.3, 0.4) is 0 Å². The number of pyridine rings is 1. The molecule has 0 amide bonds. The van der Waals surface area contributed by atoms with Gasteiger partial charge < -0.3 is 5.73 Å². The summed E-state index contributed by atoms with van der Waals surface area (Å²) >= 11 is 5.66. The molecule has 2 rings (SSSR count). The molecule has 2 aromatic heterocycles. The fourth-order valence-electron chi connectivity index (χ4n) is 0.922. The van der Waals surface area contributed by atoms with Gasteiger partial charge in [0.05, 0.1) is 11.7 Å². The molecule has 0 aliphatic rings. The highest BCUT2D eigenvalue weighted by atomic mass is 35.5. The first-order valence-corrected chi connectivity index (χ1v) is 3.67. The molecule has 4 nitrogen and oxygen atoms in total. The summed E-state index contributed by atoms with van der Waals surface area (Å²) in [5.74, 6) is 0.242. The Labute approximate surface area is 73.4 Å². The lowest BCUT2D eigenvalue weighted by molar-refractivity contribution is 1.22. The number of hydrogen-bond acceptors (Lipinski definition) is 4. The molecule has 60 valence electrons. The molecule has 0 aromatic carbocycles. The zero-order chi connectivity index (χ0) is 8.55. The van der Waals surface area contributed by atoms with E-state index in [4.69, 9.17) is 17.3 Å². The van der Waals surface area contributed by atoms with Crippen LogP contribution in [-0.4, -0.2) is 15.0 Å². The smallest absolute Gasteiger partial charge is 0.220 e. The molecular formula is C7H5ClN4. The molecule has 2 heterocycles. The summed E-state index contributed by atoms with van der Waals surface area (Å²) in [5.41, 5.74) is 6.08. The molecule has 0 radical (unpaired) electrons. The fourth-order valence-corrected chi connectivity index (χ4v) is 1.09. The number of halogens is 1. The Morgan fingerprint density at radius 3 is 2.92 bits per heavy atom. The number of anilines is 1. The average Bonchev–Trinajstić information content (AvgIpc) is 2.05. The van der Waals surface area contributed by atoms with Crippen molar-refractivity contribution in [2.75, 3.05) is 5.73 Å². The van der Waals surface area contributed by atoms with Crippen molar-refractivity contribution in [1.29, 1.82) is 0 Å². The summed E-state index contributed by atoms with van der Waals surface area (Å²) in [6, 6.07) is 1.69. The fraction of sp³-hybridized carbons (Fsp3) is 0. The Morgan fingerprint density at radius 2 is 2.08 bits per heavy atom. The van der Waals surface area contributed by atoms with Crippen LogP contribution in [0, 0.1) is 0 Å². The van der Waals surface area contributed by atoms with Gasteiger partial charge in [-0.2, -0.15) is 0 Å². The molecule has 0 atom stereocenters. The van der Waals surface area contributed by atoms with Crippen LogP contribution in [0.25, 0.3) is 10.9 Å². The molecule has 0 aliphatic heterocycles. The molecule has 0 saturated heterocycles. The van der Waals surface area contributed by atoms with E-state index in [-0.39, 0.29) is 5.95 Å². The summed E-state index contributed by atoms with van der Waals surface area (Å²) in [5, 5.41) is 1.26. The van der Waals surface area contributed by atoms with Crippen molar-refractivity contribution in [3.05, 3.63) is 23.6 Å². The predicted molar refractivity (Wildman–Crippen MR) is 46.8 cm³/mol. The Balaban J connectivity index is 2.79. The van der Waals surface area contributed by atoms with Gasteiger partial charge in [-0.05, 0) is 6.07 Å². The highest BCUT2D eigenvalue weighted by Crippen LogP contribution is 2.13. The largest absolute Gasteiger partial charge is 0.368 e. The molecular weight excluding hydrogens is 176 g/mol. The number of nitrogen functional groups attached to an aromatic ring is 1. The highest BCUT2D eigenvalue weighted by molar-refractivity contribution is 6.30. The van der Waals surface area contributed by atoms with E-state index < -0.39 is 0 Å². The number of nitrogens with zero attached hydrogens (tertiary/aromatic N) is 3. The standard InChI is InChI=1S/C7H5ClN4/c8-6-1-4-2-11-7(9)12-5(4)3-10-6/h1-3H,(H2,9,11,12). The number of nitrogens with two attached hydrogens (primary N) is 1. The van der Waals surface area contributed by atoms with Crippen LogP contribution < -0.4 is 5.73 Å². The third kappa shape index (κ3) is 1.16. The molecule has 0 bridgehead atoms. The second kappa shape index (κ2) is 2.57. The highest BCUT2D eigenvalue weighted by Gasteiger charge is 1.97. The molecule has 0 spiro atoms. The molecule has 0 saturated carbocycles. The minimum Gasteiger partial charge on any atom is -0.368 e. The number of fused-ring (bicyclic) bond motifs is 1. The lowest BCUT2D eigenvalue weighted by Crippen LogP contribution is -1.94. The predicted octanol–water partition coefficient (Wildman–Crippen LogP) is 1.26. The van der Waals surface area contributed by atoms with Gasteiger partial charge in [-0.1, -0.05) is 11.6 Å². The number of aromatic nitrogens is 3. The molecule has 12 heavy (non-hydrogen) atoms. The zero-order valence-corrected chi connectivity index (χ0v) is 6.78. The van der Waals surface area contributed by atoms with Crippen LogP contribution in [0.5, 0.6) is 0 Å². The van der Waals surface area contributed by atoms with Gasteiger partial charge in [-0.25, -0.2) is 15.0 Å². The van der Waals surface area contributed by atoms with Crippen LogP contribution >= 0.6 is 11.6 Å². The van der Waals surface area contributed by atoms with Gasteiger partial charge in [0.15, 0.2) is 0 Å². The van der Waals surface area contributed by atoms with E-state index in [0.717, 1.165) is 5.39 Å². The molecule has 5 heteroatoms. The lowest BCUT2D eigenvalue weighted by atomic mass is 10.3. The van der Waals surface area contributed by atoms with E-state index in [0.29, 0.717) is 10.7 Å². The Kier molecular flexibility index (Phi) is 1.55. The third-order valence-electron chi connectivity index (χ3n) is 1.45.